The maximum absolute atomic E-state index is 12.8. The molecule has 0 bridgehead atoms. The third kappa shape index (κ3) is 3.84. The third-order valence-corrected chi connectivity index (χ3v) is 4.82. The highest BCUT2D eigenvalue weighted by Crippen LogP contribution is 2.28. The number of fused-ring (bicyclic) bond motifs is 1. The van der Waals surface area contributed by atoms with Crippen LogP contribution in [0.3, 0.4) is 0 Å². The van der Waals surface area contributed by atoms with E-state index in [1.807, 2.05) is 42.5 Å². The highest BCUT2D eigenvalue weighted by Gasteiger charge is 2.28. The van der Waals surface area contributed by atoms with Gasteiger partial charge in [-0.25, -0.2) is 19.3 Å². The second-order valence-electron chi connectivity index (χ2n) is 6.88. The summed E-state index contributed by atoms with van der Waals surface area (Å²) in [4.78, 5) is 21.3. The van der Waals surface area contributed by atoms with Crippen LogP contribution in [0, 0.1) is 11.8 Å². The predicted molar refractivity (Wildman–Crippen MR) is 116 cm³/mol. The summed E-state index contributed by atoms with van der Waals surface area (Å²) in [6.07, 6.45) is 9.00. The van der Waals surface area contributed by atoms with Gasteiger partial charge in [0.1, 0.15) is 5.69 Å². The van der Waals surface area contributed by atoms with E-state index >= 15 is 0 Å². The number of rotatable bonds is 2. The number of hydrazone groups is 1. The number of hydrogen-bond donors (Lipinski definition) is 1. The van der Waals surface area contributed by atoms with Gasteiger partial charge in [-0.3, -0.25) is 4.98 Å². The van der Waals surface area contributed by atoms with Crippen LogP contribution < -0.4 is 5.32 Å². The van der Waals surface area contributed by atoms with Gasteiger partial charge in [0.15, 0.2) is 5.65 Å². The molecule has 2 amide bonds. The number of nitrogens with one attached hydrogen (secondary N) is 1. The molecule has 31 heavy (non-hydrogen) atoms. The maximum Gasteiger partial charge on any atom is 0.342 e. The molecule has 8 heteroatoms. The number of urea groups is 1. The summed E-state index contributed by atoms with van der Waals surface area (Å²) in [5.41, 5.74) is 3.64. The summed E-state index contributed by atoms with van der Waals surface area (Å²) in [6, 6.07) is 14.8. The van der Waals surface area contributed by atoms with Gasteiger partial charge in [0, 0.05) is 30.6 Å². The molecule has 0 radical (unpaired) electrons. The quantitative estimate of drug-likeness (QED) is 0.515. The normalized spacial score (nSPS) is 15.0. The molecule has 1 N–H and O–H groups in total. The lowest BCUT2D eigenvalue weighted by Crippen LogP contribution is -2.31. The third-order valence-electron chi connectivity index (χ3n) is 4.82. The Bertz CT molecular complexity index is 1330. The fraction of sp³-hybridized carbons (Fsp3) is 0.0870. The van der Waals surface area contributed by atoms with Crippen molar-refractivity contribution in [2.24, 2.45) is 5.10 Å². The molecule has 8 nitrogen and oxygen atoms in total. The van der Waals surface area contributed by atoms with Crippen molar-refractivity contribution in [2.75, 3.05) is 5.32 Å². The van der Waals surface area contributed by atoms with Crippen molar-refractivity contribution >= 4 is 23.6 Å². The number of anilines is 1. The first-order valence-corrected chi connectivity index (χ1v) is 9.71. The van der Waals surface area contributed by atoms with E-state index in [1.54, 1.807) is 41.6 Å². The number of aromatic nitrogens is 4. The van der Waals surface area contributed by atoms with Crippen LogP contribution in [0.25, 0.3) is 5.65 Å². The Morgan fingerprint density at radius 1 is 1.06 bits per heavy atom. The minimum absolute atomic E-state index is 0.125. The SMILES string of the molecule is O=C(Nc1cncc(C#Cc2cnc3cccnn23)c1)N1N=CCC1c1ccccc1. The van der Waals surface area contributed by atoms with Crippen molar-refractivity contribution in [3.8, 4) is 11.8 Å². The Kier molecular flexibility index (Phi) is 4.83. The van der Waals surface area contributed by atoms with Crippen LogP contribution in [0.15, 0.2) is 78.4 Å². The fourth-order valence-corrected chi connectivity index (χ4v) is 3.37. The van der Waals surface area contributed by atoms with Gasteiger partial charge in [0.25, 0.3) is 0 Å². The van der Waals surface area contributed by atoms with Crippen molar-refractivity contribution < 1.29 is 4.79 Å². The zero-order chi connectivity index (χ0) is 21.0. The van der Waals surface area contributed by atoms with Crippen LogP contribution in [0.1, 0.15) is 29.3 Å². The molecular weight excluding hydrogens is 390 g/mol. The topological polar surface area (TPSA) is 87.8 Å². The molecule has 0 aliphatic carbocycles. The summed E-state index contributed by atoms with van der Waals surface area (Å²) >= 11 is 0. The van der Waals surface area contributed by atoms with E-state index in [2.05, 4.69) is 37.3 Å². The van der Waals surface area contributed by atoms with Gasteiger partial charge in [-0.15, -0.1) is 0 Å². The van der Waals surface area contributed by atoms with E-state index in [-0.39, 0.29) is 12.1 Å². The van der Waals surface area contributed by atoms with Crippen molar-refractivity contribution in [1.82, 2.24) is 24.6 Å². The number of carbonyl (C=O) groups excluding carboxylic acids is 1. The Balaban J connectivity index is 1.33. The number of pyridine rings is 1. The molecule has 4 heterocycles. The largest absolute Gasteiger partial charge is 0.342 e. The molecule has 0 saturated carbocycles. The van der Waals surface area contributed by atoms with Crippen LogP contribution in [-0.2, 0) is 0 Å². The Hall–Kier alpha value is -4.51. The van der Waals surface area contributed by atoms with Crippen molar-refractivity contribution in [3.05, 3.63) is 90.1 Å². The first-order valence-electron chi connectivity index (χ1n) is 9.71. The average Bonchev–Trinajstić information content (AvgIpc) is 3.46. The molecule has 0 fully saturated rings. The van der Waals surface area contributed by atoms with Gasteiger partial charge in [-0.2, -0.15) is 10.2 Å². The Morgan fingerprint density at radius 2 is 1.97 bits per heavy atom. The minimum atomic E-state index is -0.319. The van der Waals surface area contributed by atoms with Crippen molar-refractivity contribution in [2.45, 2.75) is 12.5 Å². The molecule has 1 aliphatic rings. The Labute approximate surface area is 178 Å². The summed E-state index contributed by atoms with van der Waals surface area (Å²) in [6.45, 7) is 0. The van der Waals surface area contributed by atoms with Crippen LogP contribution in [0.5, 0.6) is 0 Å². The van der Waals surface area contributed by atoms with Crippen LogP contribution in [0.4, 0.5) is 10.5 Å². The van der Waals surface area contributed by atoms with Crippen LogP contribution in [-0.4, -0.2) is 36.8 Å². The number of benzene rings is 1. The monoisotopic (exact) mass is 407 g/mol. The lowest BCUT2D eigenvalue weighted by molar-refractivity contribution is 0.200. The predicted octanol–water partition coefficient (Wildman–Crippen LogP) is 3.49. The number of amides is 2. The number of hydrogen-bond acceptors (Lipinski definition) is 5. The number of carbonyl (C=O) groups is 1. The lowest BCUT2D eigenvalue weighted by Gasteiger charge is -2.22. The summed E-state index contributed by atoms with van der Waals surface area (Å²) < 4.78 is 1.67. The molecule has 5 rings (SSSR count). The lowest BCUT2D eigenvalue weighted by atomic mass is 10.1. The smallest absolute Gasteiger partial charge is 0.305 e. The van der Waals surface area contributed by atoms with Gasteiger partial charge in [-0.1, -0.05) is 36.3 Å². The average molecular weight is 407 g/mol. The van der Waals surface area contributed by atoms with E-state index in [0.29, 0.717) is 23.4 Å². The molecule has 3 aromatic heterocycles. The summed E-state index contributed by atoms with van der Waals surface area (Å²) in [5, 5.41) is 12.8. The van der Waals surface area contributed by atoms with Gasteiger partial charge in [-0.05, 0) is 29.7 Å². The van der Waals surface area contributed by atoms with Crippen molar-refractivity contribution in [1.29, 1.82) is 0 Å². The van der Waals surface area contributed by atoms with Gasteiger partial charge in [0.2, 0.25) is 0 Å². The minimum Gasteiger partial charge on any atom is -0.305 e. The van der Waals surface area contributed by atoms with Crippen LogP contribution in [0.2, 0.25) is 0 Å². The van der Waals surface area contributed by atoms with Gasteiger partial charge in [0.05, 0.1) is 24.1 Å². The molecule has 4 aromatic rings. The number of nitrogens with zero attached hydrogens (tertiary/aromatic N) is 6. The number of imidazole rings is 1. The van der Waals surface area contributed by atoms with Gasteiger partial charge < -0.3 is 5.32 Å². The maximum atomic E-state index is 12.8. The van der Waals surface area contributed by atoms with E-state index in [4.69, 9.17) is 0 Å². The van der Waals surface area contributed by atoms with Crippen LogP contribution >= 0.6 is 0 Å². The summed E-state index contributed by atoms with van der Waals surface area (Å²) in [7, 11) is 0. The van der Waals surface area contributed by atoms with E-state index in [0.717, 1.165) is 11.2 Å². The highest BCUT2D eigenvalue weighted by atomic mass is 16.2. The zero-order valence-electron chi connectivity index (χ0n) is 16.4. The molecular formula is C23H17N7O. The second-order valence-corrected chi connectivity index (χ2v) is 6.88. The fourth-order valence-electron chi connectivity index (χ4n) is 3.37. The zero-order valence-corrected chi connectivity index (χ0v) is 16.4. The second kappa shape index (κ2) is 8.08. The molecule has 0 spiro atoms. The molecule has 0 saturated heterocycles. The molecule has 150 valence electrons. The van der Waals surface area contributed by atoms with Gasteiger partial charge >= 0.3 is 6.03 Å². The molecule has 1 aliphatic heterocycles. The summed E-state index contributed by atoms with van der Waals surface area (Å²) in [5.74, 6) is 6.10. The first-order chi connectivity index (χ1) is 15.3. The Morgan fingerprint density at radius 3 is 2.87 bits per heavy atom. The van der Waals surface area contributed by atoms with E-state index in [9.17, 15) is 4.79 Å². The van der Waals surface area contributed by atoms with E-state index in [1.165, 1.54) is 5.01 Å². The van der Waals surface area contributed by atoms with E-state index < -0.39 is 0 Å². The standard InChI is InChI=1S/C23H17N7O/c31-23(30-21(10-12-27-30)18-5-2-1-3-6-18)28-19-13-17(14-24-15-19)8-9-20-16-25-22-7-4-11-26-29(20)22/h1-7,11-16,21H,10H2,(H,28,31). The first kappa shape index (κ1) is 18.5. The van der Waals surface area contributed by atoms with Crippen molar-refractivity contribution in [3.63, 3.8) is 0 Å². The molecule has 1 unspecified atom stereocenters. The molecule has 1 aromatic carbocycles. The highest BCUT2D eigenvalue weighted by molar-refractivity contribution is 5.90. The molecule has 1 atom stereocenters.